The first kappa shape index (κ1) is 13.8. The van der Waals surface area contributed by atoms with Crippen molar-refractivity contribution in [3.05, 3.63) is 0 Å². The highest BCUT2D eigenvalue weighted by Gasteiger charge is 2.44. The van der Waals surface area contributed by atoms with Gasteiger partial charge < -0.3 is 29.9 Å². The minimum Gasteiger partial charge on any atom is -0.394 e. The first-order valence-corrected chi connectivity index (χ1v) is 5.47. The van der Waals surface area contributed by atoms with Gasteiger partial charge >= 0.3 is 0 Å². The van der Waals surface area contributed by atoms with Gasteiger partial charge in [0.15, 0.2) is 6.29 Å². The largest absolute Gasteiger partial charge is 0.394 e. The summed E-state index contributed by atoms with van der Waals surface area (Å²) in [6.45, 7) is 3.28. The van der Waals surface area contributed by atoms with E-state index in [0.717, 1.165) is 6.42 Å². The Bertz CT molecular complexity index is 209. The molecule has 0 spiro atoms. The summed E-state index contributed by atoms with van der Waals surface area (Å²) in [5, 5.41) is 37.6. The van der Waals surface area contributed by atoms with Crippen LogP contribution < -0.4 is 0 Å². The monoisotopic (exact) mass is 236 g/mol. The van der Waals surface area contributed by atoms with Crippen LogP contribution >= 0.6 is 0 Å². The molecule has 0 aliphatic carbocycles. The predicted octanol–water partition coefficient (Wildman–Crippen LogP) is -1.40. The second kappa shape index (κ2) is 5.90. The highest BCUT2D eigenvalue weighted by molar-refractivity contribution is 4.89. The van der Waals surface area contributed by atoms with E-state index in [4.69, 9.17) is 14.6 Å². The fourth-order valence-electron chi connectivity index (χ4n) is 1.50. The first-order chi connectivity index (χ1) is 7.51. The zero-order chi connectivity index (χ0) is 12.3. The molecule has 2 unspecified atom stereocenters. The van der Waals surface area contributed by atoms with E-state index in [1.54, 1.807) is 6.92 Å². The number of hydrogen-bond acceptors (Lipinski definition) is 6. The van der Waals surface area contributed by atoms with Crippen molar-refractivity contribution < 1.29 is 29.9 Å². The summed E-state index contributed by atoms with van der Waals surface area (Å²) < 4.78 is 10.5. The summed E-state index contributed by atoms with van der Waals surface area (Å²) in [6.07, 6.45) is -5.36. The van der Waals surface area contributed by atoms with Crippen LogP contribution in [0.3, 0.4) is 0 Å². The lowest BCUT2D eigenvalue weighted by Crippen LogP contribution is -2.59. The molecule has 96 valence electrons. The summed E-state index contributed by atoms with van der Waals surface area (Å²) in [4.78, 5) is 0. The van der Waals surface area contributed by atoms with Gasteiger partial charge in [-0.1, -0.05) is 6.92 Å². The van der Waals surface area contributed by atoms with Crippen LogP contribution in [-0.2, 0) is 9.47 Å². The van der Waals surface area contributed by atoms with E-state index >= 15 is 0 Å². The van der Waals surface area contributed by atoms with Gasteiger partial charge in [0.25, 0.3) is 0 Å². The van der Waals surface area contributed by atoms with Gasteiger partial charge in [0.1, 0.15) is 24.4 Å². The van der Waals surface area contributed by atoms with Crippen LogP contribution in [0, 0.1) is 0 Å². The van der Waals surface area contributed by atoms with E-state index in [-0.39, 0.29) is 6.10 Å². The molecule has 1 fully saturated rings. The molecule has 0 radical (unpaired) electrons. The molecule has 1 aliphatic rings. The van der Waals surface area contributed by atoms with Crippen LogP contribution in [0.5, 0.6) is 0 Å². The minimum atomic E-state index is -1.38. The Morgan fingerprint density at radius 2 is 1.81 bits per heavy atom. The quantitative estimate of drug-likeness (QED) is 0.479. The van der Waals surface area contributed by atoms with Gasteiger partial charge in [-0.15, -0.1) is 0 Å². The third kappa shape index (κ3) is 2.91. The Morgan fingerprint density at radius 1 is 1.19 bits per heavy atom. The van der Waals surface area contributed by atoms with Gasteiger partial charge in [0.2, 0.25) is 0 Å². The van der Waals surface area contributed by atoms with Crippen molar-refractivity contribution in [3.8, 4) is 0 Å². The molecule has 1 rings (SSSR count). The molecule has 0 bridgehead atoms. The van der Waals surface area contributed by atoms with E-state index in [0.29, 0.717) is 0 Å². The van der Waals surface area contributed by atoms with E-state index in [1.165, 1.54) is 0 Å². The molecule has 6 atom stereocenters. The molecule has 0 aromatic carbocycles. The smallest absolute Gasteiger partial charge is 0.186 e. The maximum absolute atomic E-state index is 9.62. The second-order valence-electron chi connectivity index (χ2n) is 4.05. The lowest BCUT2D eigenvalue weighted by Gasteiger charge is -2.40. The van der Waals surface area contributed by atoms with Crippen molar-refractivity contribution in [1.29, 1.82) is 0 Å². The van der Waals surface area contributed by atoms with Gasteiger partial charge in [-0.05, 0) is 13.3 Å². The Labute approximate surface area is 94.4 Å². The van der Waals surface area contributed by atoms with Crippen LogP contribution in [0.2, 0.25) is 0 Å². The first-order valence-electron chi connectivity index (χ1n) is 5.47. The molecule has 4 N–H and O–H groups in total. The topological polar surface area (TPSA) is 99.4 Å². The summed E-state index contributed by atoms with van der Waals surface area (Å²) in [5.41, 5.74) is 0. The average molecular weight is 236 g/mol. The average Bonchev–Trinajstić information content (AvgIpc) is 2.29. The standard InChI is InChI=1S/C10H20O6/c1-3-5(2)15-10-9(14)8(13)7(12)6(4-11)16-10/h5-14H,3-4H2,1-2H3/t5?,6-,7-,8+,9-,10?/m1/s1. The van der Waals surface area contributed by atoms with Gasteiger partial charge in [-0.2, -0.15) is 0 Å². The van der Waals surface area contributed by atoms with Crippen molar-refractivity contribution in [1.82, 2.24) is 0 Å². The summed E-state index contributed by atoms with van der Waals surface area (Å²) in [6, 6.07) is 0. The molecule has 1 saturated heterocycles. The normalized spacial score (nSPS) is 42.0. The number of rotatable bonds is 4. The van der Waals surface area contributed by atoms with E-state index in [2.05, 4.69) is 0 Å². The van der Waals surface area contributed by atoms with Crippen LogP contribution in [0.4, 0.5) is 0 Å². The summed E-state index contributed by atoms with van der Waals surface area (Å²) in [5.74, 6) is 0. The lowest BCUT2D eigenvalue weighted by atomic mass is 9.99. The van der Waals surface area contributed by atoms with Crippen LogP contribution in [0.15, 0.2) is 0 Å². The molecule has 6 nitrogen and oxygen atoms in total. The Balaban J connectivity index is 2.63. The van der Waals surface area contributed by atoms with Crippen molar-refractivity contribution in [2.24, 2.45) is 0 Å². The van der Waals surface area contributed by atoms with E-state index in [9.17, 15) is 15.3 Å². The van der Waals surface area contributed by atoms with Crippen LogP contribution in [0.1, 0.15) is 20.3 Å². The van der Waals surface area contributed by atoms with Gasteiger partial charge in [-0.3, -0.25) is 0 Å². The van der Waals surface area contributed by atoms with E-state index in [1.807, 2.05) is 6.92 Å². The predicted molar refractivity (Wildman–Crippen MR) is 54.6 cm³/mol. The van der Waals surface area contributed by atoms with E-state index < -0.39 is 37.3 Å². The Kier molecular flexibility index (Phi) is 5.10. The minimum absolute atomic E-state index is 0.138. The molecule has 16 heavy (non-hydrogen) atoms. The number of aliphatic hydroxyl groups is 4. The molecular weight excluding hydrogens is 216 g/mol. The zero-order valence-electron chi connectivity index (χ0n) is 9.48. The van der Waals surface area contributed by atoms with Gasteiger partial charge in [-0.25, -0.2) is 0 Å². The molecule has 1 aliphatic heterocycles. The van der Waals surface area contributed by atoms with Crippen molar-refractivity contribution >= 4 is 0 Å². The zero-order valence-corrected chi connectivity index (χ0v) is 9.48. The highest BCUT2D eigenvalue weighted by Crippen LogP contribution is 2.23. The van der Waals surface area contributed by atoms with Crippen molar-refractivity contribution in [2.45, 2.75) is 57.1 Å². The maximum atomic E-state index is 9.62. The molecule has 0 amide bonds. The maximum Gasteiger partial charge on any atom is 0.186 e. The highest BCUT2D eigenvalue weighted by atomic mass is 16.7. The summed E-state index contributed by atoms with van der Waals surface area (Å²) in [7, 11) is 0. The fourth-order valence-corrected chi connectivity index (χ4v) is 1.50. The molecule has 6 heteroatoms. The van der Waals surface area contributed by atoms with Gasteiger partial charge in [0.05, 0.1) is 12.7 Å². The Morgan fingerprint density at radius 3 is 2.31 bits per heavy atom. The molecule has 0 saturated carbocycles. The number of hydrogen-bond donors (Lipinski definition) is 4. The second-order valence-corrected chi connectivity index (χ2v) is 4.05. The molecule has 0 aromatic heterocycles. The molecule has 1 heterocycles. The van der Waals surface area contributed by atoms with Crippen LogP contribution in [0.25, 0.3) is 0 Å². The van der Waals surface area contributed by atoms with Gasteiger partial charge in [0, 0.05) is 0 Å². The lowest BCUT2D eigenvalue weighted by molar-refractivity contribution is -0.310. The fraction of sp³-hybridized carbons (Fsp3) is 1.00. The Hall–Kier alpha value is -0.240. The molecule has 0 aromatic rings. The van der Waals surface area contributed by atoms with Crippen LogP contribution in [-0.4, -0.2) is 63.8 Å². The number of ether oxygens (including phenoxy) is 2. The van der Waals surface area contributed by atoms with Crippen molar-refractivity contribution in [3.63, 3.8) is 0 Å². The third-order valence-corrected chi connectivity index (χ3v) is 2.79. The summed E-state index contributed by atoms with van der Waals surface area (Å²) >= 11 is 0. The third-order valence-electron chi connectivity index (χ3n) is 2.79. The number of aliphatic hydroxyl groups excluding tert-OH is 4. The molecular formula is C10H20O6. The van der Waals surface area contributed by atoms with Crippen molar-refractivity contribution in [2.75, 3.05) is 6.61 Å². The SMILES string of the molecule is CCC(C)OC1O[C@H](CO)[C@@H](O)[C@H](O)[C@H]1O.